The maximum absolute atomic E-state index is 12.8. The van der Waals surface area contributed by atoms with Crippen LogP contribution in [-0.4, -0.2) is 16.9 Å². The summed E-state index contributed by atoms with van der Waals surface area (Å²) in [5.74, 6) is 3.21. The summed E-state index contributed by atoms with van der Waals surface area (Å²) < 4.78 is 0. The SMILES string of the molecule is Nc1c(C(=O)NC2C3CC4CC(C3)CC2C4)sc2ncccc12. The maximum atomic E-state index is 12.8. The molecule has 0 radical (unpaired) electrons. The van der Waals surface area contributed by atoms with Gasteiger partial charge in [-0.1, -0.05) is 0 Å². The Kier molecular flexibility index (Phi) is 2.96. The van der Waals surface area contributed by atoms with Crippen molar-refractivity contribution in [3.05, 3.63) is 23.2 Å². The molecule has 120 valence electrons. The molecule has 23 heavy (non-hydrogen) atoms. The van der Waals surface area contributed by atoms with E-state index in [1.807, 2.05) is 12.1 Å². The molecule has 2 aromatic rings. The molecule has 4 aliphatic rings. The van der Waals surface area contributed by atoms with E-state index in [4.69, 9.17) is 5.73 Å². The highest BCUT2D eigenvalue weighted by Gasteiger charge is 2.48. The van der Waals surface area contributed by atoms with Crippen LogP contribution in [0.3, 0.4) is 0 Å². The number of rotatable bonds is 2. The van der Waals surface area contributed by atoms with Gasteiger partial charge in [0.1, 0.15) is 9.71 Å². The third-order valence-corrected chi connectivity index (χ3v) is 7.36. The van der Waals surface area contributed by atoms with Crippen LogP contribution in [0.4, 0.5) is 5.69 Å². The minimum Gasteiger partial charge on any atom is -0.397 e. The van der Waals surface area contributed by atoms with Crippen LogP contribution >= 0.6 is 11.3 Å². The van der Waals surface area contributed by atoms with Gasteiger partial charge in [-0.15, -0.1) is 11.3 Å². The Hall–Kier alpha value is -1.62. The first-order valence-corrected chi connectivity index (χ1v) is 9.44. The fraction of sp³-hybridized carbons (Fsp3) is 0.556. The summed E-state index contributed by atoms with van der Waals surface area (Å²) in [6, 6.07) is 4.16. The second-order valence-electron chi connectivity index (χ2n) is 7.63. The van der Waals surface area contributed by atoms with Crippen LogP contribution in [0.2, 0.25) is 0 Å². The van der Waals surface area contributed by atoms with Crippen LogP contribution in [0.5, 0.6) is 0 Å². The van der Waals surface area contributed by atoms with Crippen LogP contribution in [0.25, 0.3) is 10.2 Å². The van der Waals surface area contributed by atoms with Crippen molar-refractivity contribution < 1.29 is 4.79 Å². The van der Waals surface area contributed by atoms with E-state index in [1.165, 1.54) is 43.4 Å². The van der Waals surface area contributed by atoms with Crippen molar-refractivity contribution in [1.82, 2.24) is 10.3 Å². The second kappa shape index (κ2) is 4.94. The summed E-state index contributed by atoms with van der Waals surface area (Å²) in [4.78, 5) is 18.6. The molecule has 4 nitrogen and oxygen atoms in total. The molecule has 4 bridgehead atoms. The second-order valence-corrected chi connectivity index (χ2v) is 8.63. The Morgan fingerprint density at radius 3 is 2.52 bits per heavy atom. The van der Waals surface area contributed by atoms with Crippen molar-refractivity contribution in [3.63, 3.8) is 0 Å². The van der Waals surface area contributed by atoms with Gasteiger partial charge >= 0.3 is 0 Å². The zero-order chi connectivity index (χ0) is 15.6. The first-order chi connectivity index (χ1) is 11.2. The molecule has 4 saturated carbocycles. The van der Waals surface area contributed by atoms with E-state index in [-0.39, 0.29) is 5.91 Å². The average Bonchev–Trinajstić information content (AvgIpc) is 2.88. The lowest BCUT2D eigenvalue weighted by Gasteiger charge is -2.54. The molecule has 0 aliphatic heterocycles. The summed E-state index contributed by atoms with van der Waals surface area (Å²) in [5, 5.41) is 4.24. The van der Waals surface area contributed by atoms with Crippen LogP contribution < -0.4 is 11.1 Å². The molecule has 0 aromatic carbocycles. The van der Waals surface area contributed by atoms with E-state index in [2.05, 4.69) is 10.3 Å². The number of nitrogens with zero attached hydrogens (tertiary/aromatic N) is 1. The number of aromatic nitrogens is 1. The Balaban J connectivity index is 1.41. The molecule has 0 spiro atoms. The molecule has 0 unspecified atom stereocenters. The number of hydrogen-bond acceptors (Lipinski definition) is 4. The van der Waals surface area contributed by atoms with Crippen molar-refractivity contribution in [1.29, 1.82) is 0 Å². The first kappa shape index (κ1) is 13.8. The average molecular weight is 327 g/mol. The minimum atomic E-state index is 0.00275. The lowest BCUT2D eigenvalue weighted by molar-refractivity contribution is -0.0118. The van der Waals surface area contributed by atoms with Crippen LogP contribution in [0, 0.1) is 23.7 Å². The Labute approximate surface area is 139 Å². The fourth-order valence-electron chi connectivity index (χ4n) is 5.50. The summed E-state index contributed by atoms with van der Waals surface area (Å²) in [6.45, 7) is 0. The Morgan fingerprint density at radius 1 is 1.17 bits per heavy atom. The van der Waals surface area contributed by atoms with Gasteiger partial charge in [0.25, 0.3) is 5.91 Å². The number of amides is 1. The van der Waals surface area contributed by atoms with Crippen LogP contribution in [-0.2, 0) is 0 Å². The molecule has 0 atom stereocenters. The highest BCUT2D eigenvalue weighted by atomic mass is 32.1. The summed E-state index contributed by atoms with van der Waals surface area (Å²) in [6.07, 6.45) is 8.41. The zero-order valence-corrected chi connectivity index (χ0v) is 13.8. The van der Waals surface area contributed by atoms with E-state index in [9.17, 15) is 4.79 Å². The summed E-state index contributed by atoms with van der Waals surface area (Å²) >= 11 is 1.41. The number of thiophene rings is 1. The lowest BCUT2D eigenvalue weighted by Crippen LogP contribution is -2.55. The van der Waals surface area contributed by atoms with Crippen molar-refractivity contribution in [2.45, 2.75) is 38.1 Å². The van der Waals surface area contributed by atoms with Crippen molar-refractivity contribution >= 4 is 33.1 Å². The van der Waals surface area contributed by atoms with Gasteiger partial charge in [0, 0.05) is 17.6 Å². The first-order valence-electron chi connectivity index (χ1n) is 8.63. The van der Waals surface area contributed by atoms with E-state index in [1.54, 1.807) is 6.20 Å². The van der Waals surface area contributed by atoms with Crippen molar-refractivity contribution in [2.24, 2.45) is 23.7 Å². The normalized spacial score (nSPS) is 34.9. The molecule has 6 rings (SSSR count). The van der Waals surface area contributed by atoms with E-state index in [0.29, 0.717) is 28.4 Å². The van der Waals surface area contributed by atoms with Gasteiger partial charge in [0.15, 0.2) is 0 Å². The molecule has 0 saturated heterocycles. The number of carbonyl (C=O) groups is 1. The molecule has 3 N–H and O–H groups in total. The van der Waals surface area contributed by atoms with E-state index in [0.717, 1.165) is 22.1 Å². The van der Waals surface area contributed by atoms with Gasteiger partial charge in [-0.2, -0.15) is 0 Å². The largest absolute Gasteiger partial charge is 0.397 e. The van der Waals surface area contributed by atoms with Gasteiger partial charge in [-0.25, -0.2) is 4.98 Å². The summed E-state index contributed by atoms with van der Waals surface area (Å²) in [5.41, 5.74) is 6.78. The maximum Gasteiger partial charge on any atom is 0.263 e. The molecular formula is C18H21N3OS. The van der Waals surface area contributed by atoms with E-state index >= 15 is 0 Å². The molecule has 4 aliphatic carbocycles. The third-order valence-electron chi connectivity index (χ3n) is 6.24. The highest BCUT2D eigenvalue weighted by Crippen LogP contribution is 2.53. The zero-order valence-electron chi connectivity index (χ0n) is 13.0. The number of hydrogen-bond donors (Lipinski definition) is 2. The summed E-state index contributed by atoms with van der Waals surface area (Å²) in [7, 11) is 0. The van der Waals surface area contributed by atoms with Gasteiger partial charge in [0.05, 0.1) is 5.69 Å². The minimum absolute atomic E-state index is 0.00275. The molecule has 2 heterocycles. The van der Waals surface area contributed by atoms with Gasteiger partial charge in [0.2, 0.25) is 0 Å². The molecular weight excluding hydrogens is 306 g/mol. The number of pyridine rings is 1. The fourth-order valence-corrected chi connectivity index (χ4v) is 6.46. The van der Waals surface area contributed by atoms with Gasteiger partial charge < -0.3 is 11.1 Å². The number of nitrogen functional groups attached to an aromatic ring is 1. The lowest BCUT2D eigenvalue weighted by atomic mass is 9.54. The number of carbonyl (C=O) groups excluding carboxylic acids is 1. The number of nitrogens with one attached hydrogen (secondary N) is 1. The number of anilines is 1. The smallest absolute Gasteiger partial charge is 0.263 e. The Morgan fingerprint density at radius 2 is 1.87 bits per heavy atom. The Bertz CT molecular complexity index is 756. The molecule has 1 amide bonds. The highest BCUT2D eigenvalue weighted by molar-refractivity contribution is 7.21. The number of fused-ring (bicyclic) bond motifs is 1. The van der Waals surface area contributed by atoms with Crippen molar-refractivity contribution in [3.8, 4) is 0 Å². The van der Waals surface area contributed by atoms with Crippen LogP contribution in [0.15, 0.2) is 18.3 Å². The predicted molar refractivity (Wildman–Crippen MR) is 92.3 cm³/mol. The quantitative estimate of drug-likeness (QED) is 0.888. The standard InChI is InChI=1S/C18H21N3OS/c19-14-13-2-1-3-20-18(13)23-16(14)17(22)21-15-11-5-9-4-10(7-11)8-12(15)6-9/h1-3,9-12,15H,4-8,19H2,(H,21,22). The molecule has 4 fully saturated rings. The van der Waals surface area contributed by atoms with Gasteiger partial charge in [-0.3, -0.25) is 4.79 Å². The topological polar surface area (TPSA) is 68.0 Å². The van der Waals surface area contributed by atoms with Gasteiger partial charge in [-0.05, 0) is 67.9 Å². The van der Waals surface area contributed by atoms with Crippen molar-refractivity contribution in [2.75, 3.05) is 5.73 Å². The number of nitrogens with two attached hydrogens (primary N) is 1. The third kappa shape index (κ3) is 2.09. The predicted octanol–water partition coefficient (Wildman–Crippen LogP) is 3.43. The van der Waals surface area contributed by atoms with Crippen LogP contribution in [0.1, 0.15) is 41.8 Å². The molecule has 2 aromatic heterocycles. The monoisotopic (exact) mass is 327 g/mol. The molecule has 5 heteroatoms. The van der Waals surface area contributed by atoms with E-state index < -0.39 is 0 Å².